The van der Waals surface area contributed by atoms with E-state index in [0.717, 1.165) is 37.1 Å². The molecular formula is C11H20N4OS. The predicted octanol–water partition coefficient (Wildman–Crippen LogP) is 0.871. The molecule has 0 unspecified atom stereocenters. The fraction of sp³-hybridized carbons (Fsp3) is 0.636. The summed E-state index contributed by atoms with van der Waals surface area (Å²) in [5.74, 6) is 0.956. The molecule has 0 radical (unpaired) electrons. The molecule has 96 valence electrons. The van der Waals surface area contributed by atoms with Crippen molar-refractivity contribution < 1.29 is 4.74 Å². The molecule has 0 spiro atoms. The van der Waals surface area contributed by atoms with E-state index in [1.54, 1.807) is 25.2 Å². The summed E-state index contributed by atoms with van der Waals surface area (Å²) < 4.78 is 4.96. The van der Waals surface area contributed by atoms with Gasteiger partial charge in [-0.05, 0) is 6.26 Å². The van der Waals surface area contributed by atoms with Crippen LogP contribution >= 0.6 is 11.8 Å². The molecule has 0 aromatic carbocycles. The molecule has 0 aliphatic carbocycles. The molecule has 1 rings (SSSR count). The molecule has 0 aliphatic heterocycles. The Kier molecular flexibility index (Phi) is 6.91. The van der Waals surface area contributed by atoms with Gasteiger partial charge in [-0.1, -0.05) is 0 Å². The van der Waals surface area contributed by atoms with Crippen LogP contribution in [0.2, 0.25) is 0 Å². The Morgan fingerprint density at radius 2 is 2.24 bits per heavy atom. The second-order valence-electron chi connectivity index (χ2n) is 3.58. The minimum atomic E-state index is 0.744. The number of hydrogen-bond acceptors (Lipinski definition) is 6. The molecule has 0 saturated heterocycles. The minimum absolute atomic E-state index is 0.744. The Morgan fingerprint density at radius 1 is 1.41 bits per heavy atom. The fourth-order valence-corrected chi connectivity index (χ4v) is 1.69. The monoisotopic (exact) mass is 256 g/mol. The highest BCUT2D eigenvalue weighted by Crippen LogP contribution is 2.15. The molecule has 1 aromatic rings. The maximum atomic E-state index is 4.96. The van der Waals surface area contributed by atoms with Gasteiger partial charge >= 0.3 is 0 Å². The number of methoxy groups -OCH3 is 1. The minimum Gasteiger partial charge on any atom is -0.383 e. The highest BCUT2D eigenvalue weighted by molar-refractivity contribution is 7.98. The summed E-state index contributed by atoms with van der Waals surface area (Å²) in [7, 11) is 3.74. The van der Waals surface area contributed by atoms with Gasteiger partial charge in [0.15, 0.2) is 0 Å². The van der Waals surface area contributed by atoms with E-state index in [0.29, 0.717) is 0 Å². The summed E-state index contributed by atoms with van der Waals surface area (Å²) in [5.41, 5.74) is 0. The molecule has 0 saturated carbocycles. The molecule has 0 amide bonds. The van der Waals surface area contributed by atoms with Crippen molar-refractivity contribution in [1.29, 1.82) is 0 Å². The van der Waals surface area contributed by atoms with Crippen molar-refractivity contribution in [2.45, 2.75) is 5.03 Å². The van der Waals surface area contributed by atoms with Gasteiger partial charge in [-0.2, -0.15) is 0 Å². The van der Waals surface area contributed by atoms with Crippen molar-refractivity contribution in [3.63, 3.8) is 0 Å². The van der Waals surface area contributed by atoms with Gasteiger partial charge in [-0.15, -0.1) is 11.8 Å². The molecule has 1 N–H and O–H groups in total. The average Bonchev–Trinajstić information content (AvgIpc) is 2.38. The third kappa shape index (κ3) is 5.34. The summed E-state index contributed by atoms with van der Waals surface area (Å²) in [6, 6.07) is 2.00. The van der Waals surface area contributed by atoms with Gasteiger partial charge in [0.2, 0.25) is 0 Å². The normalized spacial score (nSPS) is 10.5. The summed E-state index contributed by atoms with van der Waals surface area (Å²) in [6.45, 7) is 3.45. The van der Waals surface area contributed by atoms with Gasteiger partial charge in [0, 0.05) is 39.9 Å². The third-order valence-electron chi connectivity index (χ3n) is 2.33. The lowest BCUT2D eigenvalue weighted by molar-refractivity contribution is 0.200. The summed E-state index contributed by atoms with van der Waals surface area (Å²) >= 11 is 1.63. The number of nitrogens with one attached hydrogen (secondary N) is 1. The first-order valence-corrected chi connectivity index (χ1v) is 6.77. The predicted molar refractivity (Wildman–Crippen MR) is 71.8 cm³/mol. The molecule has 1 heterocycles. The zero-order valence-corrected chi connectivity index (χ0v) is 11.5. The van der Waals surface area contributed by atoms with Crippen LogP contribution in [0.5, 0.6) is 0 Å². The highest BCUT2D eigenvalue weighted by atomic mass is 32.2. The van der Waals surface area contributed by atoms with Gasteiger partial charge in [0.05, 0.1) is 6.61 Å². The number of thioether (sulfide) groups is 1. The zero-order valence-electron chi connectivity index (χ0n) is 10.6. The van der Waals surface area contributed by atoms with Crippen molar-refractivity contribution in [3.05, 3.63) is 12.4 Å². The van der Waals surface area contributed by atoms with Crippen molar-refractivity contribution >= 4 is 17.6 Å². The number of rotatable bonds is 8. The SMILES string of the molecule is COCCNCCN(C)c1cc(SC)ncn1. The van der Waals surface area contributed by atoms with Gasteiger partial charge in [0.1, 0.15) is 17.2 Å². The van der Waals surface area contributed by atoms with E-state index in [-0.39, 0.29) is 0 Å². The van der Waals surface area contributed by atoms with E-state index in [1.165, 1.54) is 0 Å². The Morgan fingerprint density at radius 3 is 2.94 bits per heavy atom. The molecule has 0 bridgehead atoms. The Labute approximate surface area is 107 Å². The Bertz CT molecular complexity index is 324. The molecule has 17 heavy (non-hydrogen) atoms. The van der Waals surface area contributed by atoms with Crippen LogP contribution in [0.15, 0.2) is 17.4 Å². The van der Waals surface area contributed by atoms with E-state index in [9.17, 15) is 0 Å². The van der Waals surface area contributed by atoms with Crippen LogP contribution in [0.1, 0.15) is 0 Å². The van der Waals surface area contributed by atoms with Crippen molar-refractivity contribution in [1.82, 2.24) is 15.3 Å². The largest absolute Gasteiger partial charge is 0.383 e. The summed E-state index contributed by atoms with van der Waals surface area (Å²) in [6.07, 6.45) is 3.62. The van der Waals surface area contributed by atoms with Gasteiger partial charge in [-0.3, -0.25) is 0 Å². The first kappa shape index (κ1) is 14.2. The van der Waals surface area contributed by atoms with Crippen LogP contribution in [-0.4, -0.2) is 56.6 Å². The van der Waals surface area contributed by atoms with Crippen molar-refractivity contribution in [2.24, 2.45) is 0 Å². The number of anilines is 1. The van der Waals surface area contributed by atoms with Gasteiger partial charge in [-0.25, -0.2) is 9.97 Å². The number of ether oxygens (including phenoxy) is 1. The molecular weight excluding hydrogens is 236 g/mol. The first-order valence-electron chi connectivity index (χ1n) is 5.54. The topological polar surface area (TPSA) is 50.3 Å². The number of aromatic nitrogens is 2. The van der Waals surface area contributed by atoms with E-state index >= 15 is 0 Å². The smallest absolute Gasteiger partial charge is 0.132 e. The van der Waals surface area contributed by atoms with Crippen LogP contribution in [0.25, 0.3) is 0 Å². The second kappa shape index (κ2) is 8.27. The second-order valence-corrected chi connectivity index (χ2v) is 4.41. The third-order valence-corrected chi connectivity index (χ3v) is 2.98. The molecule has 5 nitrogen and oxygen atoms in total. The first-order chi connectivity index (χ1) is 8.27. The van der Waals surface area contributed by atoms with Crippen LogP contribution in [0.4, 0.5) is 5.82 Å². The quantitative estimate of drug-likeness (QED) is 0.423. The van der Waals surface area contributed by atoms with Crippen LogP contribution in [0.3, 0.4) is 0 Å². The van der Waals surface area contributed by atoms with Crippen molar-refractivity contribution in [2.75, 3.05) is 51.6 Å². The standard InChI is InChI=1S/C11H20N4OS/c1-15(6-4-12-5-7-16-2)10-8-11(17-3)14-9-13-10/h8-9,12H,4-7H2,1-3H3. The lowest BCUT2D eigenvalue weighted by atomic mass is 10.4. The van der Waals surface area contributed by atoms with Crippen LogP contribution in [0, 0.1) is 0 Å². The molecule has 1 aromatic heterocycles. The van der Waals surface area contributed by atoms with Gasteiger partial charge < -0.3 is 15.0 Å². The molecule has 0 fully saturated rings. The number of hydrogen-bond donors (Lipinski definition) is 1. The van der Waals surface area contributed by atoms with Crippen molar-refractivity contribution in [3.8, 4) is 0 Å². The highest BCUT2D eigenvalue weighted by Gasteiger charge is 2.03. The lowest BCUT2D eigenvalue weighted by Gasteiger charge is -2.18. The van der Waals surface area contributed by atoms with E-state index < -0.39 is 0 Å². The number of nitrogens with zero attached hydrogens (tertiary/aromatic N) is 3. The molecule has 0 atom stereocenters. The summed E-state index contributed by atoms with van der Waals surface area (Å²) in [5, 5.41) is 4.29. The van der Waals surface area contributed by atoms with Crippen LogP contribution < -0.4 is 10.2 Å². The van der Waals surface area contributed by atoms with Gasteiger partial charge in [0.25, 0.3) is 0 Å². The summed E-state index contributed by atoms with van der Waals surface area (Å²) in [4.78, 5) is 10.5. The Balaban J connectivity index is 2.33. The van der Waals surface area contributed by atoms with E-state index in [2.05, 4.69) is 20.2 Å². The maximum absolute atomic E-state index is 4.96. The lowest BCUT2D eigenvalue weighted by Crippen LogP contribution is -2.31. The zero-order chi connectivity index (χ0) is 12.5. The van der Waals surface area contributed by atoms with E-state index in [4.69, 9.17) is 4.74 Å². The number of likely N-dealkylation sites (N-methyl/N-ethyl adjacent to an activating group) is 1. The van der Waals surface area contributed by atoms with E-state index in [1.807, 2.05) is 19.4 Å². The molecule has 0 aliphatic rings. The maximum Gasteiger partial charge on any atom is 0.132 e. The molecule has 6 heteroatoms. The average molecular weight is 256 g/mol. The van der Waals surface area contributed by atoms with Crippen LogP contribution in [-0.2, 0) is 4.74 Å². The Hall–Kier alpha value is -0.850. The fourth-order valence-electron chi connectivity index (χ4n) is 1.31.